The molecule has 0 N–H and O–H groups in total. The Morgan fingerprint density at radius 2 is 1.87 bits per heavy atom. The lowest BCUT2D eigenvalue weighted by molar-refractivity contribution is -0.132. The number of amides is 1. The molecule has 0 aliphatic carbocycles. The molecule has 0 saturated carbocycles. The molecule has 0 aliphatic rings. The molecule has 0 aromatic carbocycles. The molecule has 3 heteroatoms. The number of hydrogen-bond donors (Lipinski definition) is 0. The van der Waals surface area contributed by atoms with Gasteiger partial charge in [-0.05, 0) is 11.8 Å². The third-order valence-corrected chi connectivity index (χ3v) is 2.52. The van der Waals surface area contributed by atoms with E-state index in [2.05, 4.69) is 43.6 Å². The molecule has 2 nitrogen and oxygen atoms in total. The Hall–Kier alpha value is -0.0500. The van der Waals surface area contributed by atoms with Gasteiger partial charge in [0.15, 0.2) is 0 Å². The fraction of sp³-hybridized carbons (Fsp3) is 0.917. The van der Waals surface area contributed by atoms with Crippen molar-refractivity contribution >= 4 is 21.8 Å². The Labute approximate surface area is 103 Å². The monoisotopic (exact) mass is 277 g/mol. The number of rotatable bonds is 6. The van der Waals surface area contributed by atoms with Gasteiger partial charge < -0.3 is 4.90 Å². The Morgan fingerprint density at radius 1 is 1.27 bits per heavy atom. The predicted molar refractivity (Wildman–Crippen MR) is 69.4 cm³/mol. The molecule has 0 fully saturated rings. The van der Waals surface area contributed by atoms with Crippen LogP contribution in [0.5, 0.6) is 0 Å². The van der Waals surface area contributed by atoms with Crippen LogP contribution in [0.2, 0.25) is 0 Å². The van der Waals surface area contributed by atoms with E-state index in [0.29, 0.717) is 6.42 Å². The Balaban J connectivity index is 4.15. The average Bonchev–Trinajstić information content (AvgIpc) is 2.09. The van der Waals surface area contributed by atoms with E-state index in [1.807, 2.05) is 4.90 Å². The maximum atomic E-state index is 12.0. The highest BCUT2D eigenvalue weighted by Crippen LogP contribution is 2.20. The highest BCUT2D eigenvalue weighted by Gasteiger charge is 2.20. The third-order valence-electron chi connectivity index (χ3n) is 2.17. The topological polar surface area (TPSA) is 20.3 Å². The SMILES string of the molecule is CCCCN(CCBr)C(=O)CC(C)(C)C. The van der Waals surface area contributed by atoms with Crippen molar-refractivity contribution in [1.82, 2.24) is 4.90 Å². The van der Waals surface area contributed by atoms with Crippen LogP contribution >= 0.6 is 15.9 Å². The first-order valence-corrected chi connectivity index (χ1v) is 6.86. The molecule has 0 rings (SSSR count). The molecule has 90 valence electrons. The summed E-state index contributed by atoms with van der Waals surface area (Å²) in [5, 5.41) is 0.868. The number of unbranched alkanes of at least 4 members (excludes halogenated alkanes) is 1. The second-order valence-electron chi connectivity index (χ2n) is 5.16. The van der Waals surface area contributed by atoms with Crippen molar-refractivity contribution in [1.29, 1.82) is 0 Å². The van der Waals surface area contributed by atoms with E-state index < -0.39 is 0 Å². The second kappa shape index (κ2) is 7.26. The average molecular weight is 278 g/mol. The standard InChI is InChI=1S/C12H24BrNO/c1-5-6-8-14(9-7-13)11(15)10-12(2,3)4/h5-10H2,1-4H3. The van der Waals surface area contributed by atoms with Crippen LogP contribution in [0.3, 0.4) is 0 Å². The van der Waals surface area contributed by atoms with E-state index in [9.17, 15) is 4.79 Å². The number of nitrogens with zero attached hydrogens (tertiary/aromatic N) is 1. The van der Waals surface area contributed by atoms with Crippen LogP contribution in [0.25, 0.3) is 0 Å². The number of hydrogen-bond acceptors (Lipinski definition) is 1. The van der Waals surface area contributed by atoms with Crippen molar-refractivity contribution in [3.8, 4) is 0 Å². The van der Waals surface area contributed by atoms with E-state index in [1.54, 1.807) is 0 Å². The van der Waals surface area contributed by atoms with Crippen molar-refractivity contribution < 1.29 is 4.79 Å². The molecule has 0 spiro atoms. The van der Waals surface area contributed by atoms with Gasteiger partial charge in [-0.15, -0.1) is 0 Å². The lowest BCUT2D eigenvalue weighted by Crippen LogP contribution is -2.35. The largest absolute Gasteiger partial charge is 0.342 e. The normalized spacial score (nSPS) is 11.5. The van der Waals surface area contributed by atoms with Crippen LogP contribution in [0.15, 0.2) is 0 Å². The molecule has 15 heavy (non-hydrogen) atoms. The fourth-order valence-electron chi connectivity index (χ4n) is 1.38. The van der Waals surface area contributed by atoms with Crippen LogP contribution in [0.4, 0.5) is 0 Å². The van der Waals surface area contributed by atoms with Crippen LogP contribution in [-0.2, 0) is 4.79 Å². The Bertz CT molecular complexity index is 187. The van der Waals surface area contributed by atoms with Crippen LogP contribution in [0, 0.1) is 5.41 Å². The lowest BCUT2D eigenvalue weighted by atomic mass is 9.91. The summed E-state index contributed by atoms with van der Waals surface area (Å²) in [7, 11) is 0. The van der Waals surface area contributed by atoms with E-state index >= 15 is 0 Å². The zero-order valence-corrected chi connectivity index (χ0v) is 12.1. The van der Waals surface area contributed by atoms with Gasteiger partial charge in [-0.2, -0.15) is 0 Å². The number of alkyl halides is 1. The lowest BCUT2D eigenvalue weighted by Gasteiger charge is -2.26. The van der Waals surface area contributed by atoms with Gasteiger partial charge in [-0.25, -0.2) is 0 Å². The van der Waals surface area contributed by atoms with Gasteiger partial charge in [0.05, 0.1) is 0 Å². The van der Waals surface area contributed by atoms with Crippen molar-refractivity contribution in [3.05, 3.63) is 0 Å². The first kappa shape index (κ1) is 14.9. The van der Waals surface area contributed by atoms with Crippen molar-refractivity contribution in [3.63, 3.8) is 0 Å². The third kappa shape index (κ3) is 7.83. The number of carbonyl (C=O) groups excluding carboxylic acids is 1. The Morgan fingerprint density at radius 3 is 2.27 bits per heavy atom. The number of halogens is 1. The van der Waals surface area contributed by atoms with Gasteiger partial charge in [0.1, 0.15) is 0 Å². The quantitative estimate of drug-likeness (QED) is 0.681. The molecule has 0 saturated heterocycles. The van der Waals surface area contributed by atoms with Gasteiger partial charge in [-0.3, -0.25) is 4.79 Å². The molecule has 0 aliphatic heterocycles. The minimum atomic E-state index is 0.0911. The van der Waals surface area contributed by atoms with Crippen LogP contribution in [-0.4, -0.2) is 29.2 Å². The van der Waals surface area contributed by atoms with Gasteiger partial charge in [0.25, 0.3) is 0 Å². The fourth-order valence-corrected chi connectivity index (χ4v) is 1.81. The smallest absolute Gasteiger partial charge is 0.223 e. The first-order chi connectivity index (χ1) is 6.90. The molecule has 0 unspecified atom stereocenters. The second-order valence-corrected chi connectivity index (χ2v) is 5.95. The first-order valence-electron chi connectivity index (χ1n) is 5.74. The molecule has 1 amide bonds. The highest BCUT2D eigenvalue weighted by molar-refractivity contribution is 9.09. The minimum Gasteiger partial charge on any atom is -0.342 e. The molecular weight excluding hydrogens is 254 g/mol. The Kier molecular flexibility index (Phi) is 7.24. The molecule has 0 bridgehead atoms. The zero-order chi connectivity index (χ0) is 11.9. The van der Waals surface area contributed by atoms with Gasteiger partial charge >= 0.3 is 0 Å². The summed E-state index contributed by atoms with van der Waals surface area (Å²) in [5.41, 5.74) is 0.0911. The molecular formula is C12H24BrNO. The summed E-state index contributed by atoms with van der Waals surface area (Å²) in [6, 6.07) is 0. The van der Waals surface area contributed by atoms with Gasteiger partial charge in [-0.1, -0.05) is 50.0 Å². The molecule has 0 atom stereocenters. The van der Waals surface area contributed by atoms with E-state index in [4.69, 9.17) is 0 Å². The van der Waals surface area contributed by atoms with Gasteiger partial charge in [0, 0.05) is 24.8 Å². The molecule has 0 radical (unpaired) electrons. The maximum Gasteiger partial charge on any atom is 0.223 e. The molecule has 0 heterocycles. The predicted octanol–water partition coefficient (Wildman–Crippen LogP) is 3.45. The minimum absolute atomic E-state index is 0.0911. The van der Waals surface area contributed by atoms with Crippen molar-refractivity contribution in [2.24, 2.45) is 5.41 Å². The summed E-state index contributed by atoms with van der Waals surface area (Å²) in [6.45, 7) is 10.2. The molecule has 0 aromatic rings. The van der Waals surface area contributed by atoms with E-state index in [1.165, 1.54) is 0 Å². The zero-order valence-electron chi connectivity index (χ0n) is 10.5. The van der Waals surface area contributed by atoms with Gasteiger partial charge in [0.2, 0.25) is 5.91 Å². The summed E-state index contributed by atoms with van der Waals surface area (Å²) in [4.78, 5) is 13.9. The van der Waals surface area contributed by atoms with E-state index in [0.717, 1.165) is 31.3 Å². The summed E-state index contributed by atoms with van der Waals surface area (Å²) in [6.07, 6.45) is 2.88. The summed E-state index contributed by atoms with van der Waals surface area (Å²) < 4.78 is 0. The van der Waals surface area contributed by atoms with Crippen LogP contribution in [0.1, 0.15) is 47.0 Å². The maximum absolute atomic E-state index is 12.0. The van der Waals surface area contributed by atoms with E-state index in [-0.39, 0.29) is 11.3 Å². The van der Waals surface area contributed by atoms with Crippen LogP contribution < -0.4 is 0 Å². The number of carbonyl (C=O) groups is 1. The van der Waals surface area contributed by atoms with Crippen molar-refractivity contribution in [2.75, 3.05) is 18.4 Å². The molecule has 0 aromatic heterocycles. The van der Waals surface area contributed by atoms with Crippen molar-refractivity contribution in [2.45, 2.75) is 47.0 Å². The summed E-state index contributed by atoms with van der Waals surface area (Å²) >= 11 is 3.40. The highest BCUT2D eigenvalue weighted by atomic mass is 79.9. The summed E-state index contributed by atoms with van der Waals surface area (Å²) in [5.74, 6) is 0.287.